The van der Waals surface area contributed by atoms with Gasteiger partial charge in [-0.15, -0.1) is 0 Å². The van der Waals surface area contributed by atoms with Crippen molar-refractivity contribution in [3.05, 3.63) is 34.9 Å². The highest BCUT2D eigenvalue weighted by Crippen LogP contribution is 2.15. The first-order valence-electron chi connectivity index (χ1n) is 5.81. The SMILES string of the molecule is CCCCc1ccc(C(=O)CC)cc1C. The Morgan fingerprint density at radius 3 is 2.53 bits per heavy atom. The number of ketones is 1. The van der Waals surface area contributed by atoms with Crippen molar-refractivity contribution < 1.29 is 4.79 Å². The fraction of sp³-hybridized carbons (Fsp3) is 0.500. The fourth-order valence-corrected chi connectivity index (χ4v) is 1.72. The summed E-state index contributed by atoms with van der Waals surface area (Å²) in [7, 11) is 0. The predicted octanol–water partition coefficient (Wildman–Crippen LogP) is 3.93. The summed E-state index contributed by atoms with van der Waals surface area (Å²) in [5, 5.41) is 0. The number of hydrogen-bond acceptors (Lipinski definition) is 1. The zero-order valence-corrected chi connectivity index (χ0v) is 9.97. The van der Waals surface area contributed by atoms with Crippen molar-refractivity contribution in [1.82, 2.24) is 0 Å². The molecule has 0 unspecified atom stereocenters. The highest BCUT2D eigenvalue weighted by Gasteiger charge is 2.05. The maximum atomic E-state index is 11.5. The van der Waals surface area contributed by atoms with Crippen LogP contribution >= 0.6 is 0 Å². The Labute approximate surface area is 92.5 Å². The molecular formula is C14H20O. The van der Waals surface area contributed by atoms with Gasteiger partial charge in [0.2, 0.25) is 0 Å². The second-order valence-corrected chi connectivity index (χ2v) is 4.02. The van der Waals surface area contributed by atoms with Crippen LogP contribution in [0.5, 0.6) is 0 Å². The van der Waals surface area contributed by atoms with Gasteiger partial charge in [0.25, 0.3) is 0 Å². The molecule has 15 heavy (non-hydrogen) atoms. The summed E-state index contributed by atoms with van der Waals surface area (Å²) in [4.78, 5) is 11.5. The van der Waals surface area contributed by atoms with E-state index in [1.807, 2.05) is 19.1 Å². The van der Waals surface area contributed by atoms with Gasteiger partial charge in [0.15, 0.2) is 5.78 Å². The van der Waals surface area contributed by atoms with Gasteiger partial charge in [-0.05, 0) is 37.0 Å². The van der Waals surface area contributed by atoms with Crippen LogP contribution in [0.3, 0.4) is 0 Å². The van der Waals surface area contributed by atoms with Crippen LogP contribution in [0.15, 0.2) is 18.2 Å². The molecule has 0 aromatic heterocycles. The predicted molar refractivity (Wildman–Crippen MR) is 64.4 cm³/mol. The zero-order valence-electron chi connectivity index (χ0n) is 9.97. The average Bonchev–Trinajstić information content (AvgIpc) is 2.26. The van der Waals surface area contributed by atoms with Gasteiger partial charge in [-0.3, -0.25) is 4.79 Å². The number of benzene rings is 1. The van der Waals surface area contributed by atoms with Gasteiger partial charge in [0.05, 0.1) is 0 Å². The number of hydrogen-bond donors (Lipinski definition) is 0. The number of carbonyl (C=O) groups excluding carboxylic acids is 1. The summed E-state index contributed by atoms with van der Waals surface area (Å²) < 4.78 is 0. The van der Waals surface area contributed by atoms with Crippen LogP contribution in [0.2, 0.25) is 0 Å². The second-order valence-electron chi connectivity index (χ2n) is 4.02. The first-order valence-corrected chi connectivity index (χ1v) is 5.81. The first kappa shape index (κ1) is 12.0. The van der Waals surface area contributed by atoms with E-state index in [9.17, 15) is 4.79 Å². The summed E-state index contributed by atoms with van der Waals surface area (Å²) in [5.41, 5.74) is 3.49. The molecule has 0 spiro atoms. The van der Waals surface area contributed by atoms with Crippen LogP contribution in [0, 0.1) is 6.92 Å². The first-order chi connectivity index (χ1) is 7.19. The minimum atomic E-state index is 0.236. The molecule has 0 amide bonds. The van der Waals surface area contributed by atoms with Gasteiger partial charge in [-0.1, -0.05) is 32.4 Å². The van der Waals surface area contributed by atoms with Crippen molar-refractivity contribution in [2.75, 3.05) is 0 Å². The lowest BCUT2D eigenvalue weighted by Gasteiger charge is -2.06. The number of aryl methyl sites for hydroxylation is 2. The van der Waals surface area contributed by atoms with E-state index >= 15 is 0 Å². The molecule has 0 radical (unpaired) electrons. The topological polar surface area (TPSA) is 17.1 Å². The molecule has 0 saturated carbocycles. The van der Waals surface area contributed by atoms with E-state index in [-0.39, 0.29) is 5.78 Å². The molecule has 0 saturated heterocycles. The summed E-state index contributed by atoms with van der Waals surface area (Å²) in [6, 6.07) is 6.09. The van der Waals surface area contributed by atoms with Gasteiger partial charge in [-0.25, -0.2) is 0 Å². The van der Waals surface area contributed by atoms with Crippen LogP contribution in [0.4, 0.5) is 0 Å². The molecule has 1 heteroatoms. The van der Waals surface area contributed by atoms with Crippen LogP contribution in [0.1, 0.15) is 54.6 Å². The van der Waals surface area contributed by atoms with E-state index in [0.29, 0.717) is 6.42 Å². The quantitative estimate of drug-likeness (QED) is 0.664. The third-order valence-electron chi connectivity index (χ3n) is 2.79. The average molecular weight is 204 g/mol. The van der Waals surface area contributed by atoms with E-state index in [2.05, 4.69) is 19.9 Å². The molecule has 1 rings (SSSR count). The van der Waals surface area contributed by atoms with E-state index in [4.69, 9.17) is 0 Å². The van der Waals surface area contributed by atoms with Gasteiger partial charge in [0, 0.05) is 12.0 Å². The van der Waals surface area contributed by atoms with Crippen molar-refractivity contribution in [2.24, 2.45) is 0 Å². The third-order valence-corrected chi connectivity index (χ3v) is 2.79. The van der Waals surface area contributed by atoms with Crippen molar-refractivity contribution in [2.45, 2.75) is 46.5 Å². The molecule has 82 valence electrons. The van der Waals surface area contributed by atoms with Crippen LogP contribution < -0.4 is 0 Å². The van der Waals surface area contributed by atoms with Gasteiger partial charge in [0.1, 0.15) is 0 Å². The number of rotatable bonds is 5. The van der Waals surface area contributed by atoms with Gasteiger partial charge in [-0.2, -0.15) is 0 Å². The summed E-state index contributed by atoms with van der Waals surface area (Å²) >= 11 is 0. The molecule has 0 bridgehead atoms. The summed E-state index contributed by atoms with van der Waals surface area (Å²) in [5.74, 6) is 0.236. The van der Waals surface area contributed by atoms with Crippen LogP contribution in [-0.2, 0) is 6.42 Å². The smallest absolute Gasteiger partial charge is 0.162 e. The Morgan fingerprint density at radius 2 is 2.00 bits per heavy atom. The Morgan fingerprint density at radius 1 is 1.27 bits per heavy atom. The standard InChI is InChI=1S/C14H20O/c1-4-6-7-12-8-9-13(10-11(12)3)14(15)5-2/h8-10H,4-7H2,1-3H3. The van der Waals surface area contributed by atoms with Crippen LogP contribution in [-0.4, -0.2) is 5.78 Å². The third kappa shape index (κ3) is 3.19. The lowest BCUT2D eigenvalue weighted by atomic mass is 9.98. The molecule has 1 nitrogen and oxygen atoms in total. The zero-order chi connectivity index (χ0) is 11.3. The van der Waals surface area contributed by atoms with Crippen LogP contribution in [0.25, 0.3) is 0 Å². The number of carbonyl (C=O) groups is 1. The highest BCUT2D eigenvalue weighted by molar-refractivity contribution is 5.96. The molecule has 0 fully saturated rings. The molecule has 1 aromatic carbocycles. The monoisotopic (exact) mass is 204 g/mol. The van der Waals surface area contributed by atoms with E-state index in [1.165, 1.54) is 24.0 Å². The molecule has 0 heterocycles. The maximum absolute atomic E-state index is 11.5. The molecule has 1 aromatic rings. The van der Waals surface area contributed by atoms with Crippen molar-refractivity contribution in [3.63, 3.8) is 0 Å². The molecule has 0 N–H and O–H groups in total. The normalized spacial score (nSPS) is 10.3. The maximum Gasteiger partial charge on any atom is 0.162 e. The Hall–Kier alpha value is -1.11. The van der Waals surface area contributed by atoms with Crippen molar-refractivity contribution in [3.8, 4) is 0 Å². The number of Topliss-reactive ketones (excluding diaryl/α,β-unsaturated/α-hetero) is 1. The summed E-state index contributed by atoms with van der Waals surface area (Å²) in [6.07, 6.45) is 4.16. The van der Waals surface area contributed by atoms with Gasteiger partial charge < -0.3 is 0 Å². The minimum absolute atomic E-state index is 0.236. The van der Waals surface area contributed by atoms with E-state index < -0.39 is 0 Å². The largest absolute Gasteiger partial charge is 0.294 e. The Bertz CT molecular complexity index is 339. The van der Waals surface area contributed by atoms with Crippen molar-refractivity contribution in [1.29, 1.82) is 0 Å². The molecule has 0 aliphatic carbocycles. The molecule has 0 aliphatic rings. The lowest BCUT2D eigenvalue weighted by Crippen LogP contribution is -1.99. The van der Waals surface area contributed by atoms with E-state index in [0.717, 1.165) is 12.0 Å². The molecule has 0 atom stereocenters. The fourth-order valence-electron chi connectivity index (χ4n) is 1.72. The van der Waals surface area contributed by atoms with E-state index in [1.54, 1.807) is 0 Å². The Kier molecular flexibility index (Phi) is 4.54. The molecular weight excluding hydrogens is 184 g/mol. The van der Waals surface area contributed by atoms with Crippen molar-refractivity contribution >= 4 is 5.78 Å². The summed E-state index contributed by atoms with van der Waals surface area (Å²) in [6.45, 7) is 6.20. The van der Waals surface area contributed by atoms with Gasteiger partial charge >= 0.3 is 0 Å². The highest BCUT2D eigenvalue weighted by atomic mass is 16.1. The molecule has 0 aliphatic heterocycles. The lowest BCUT2D eigenvalue weighted by molar-refractivity contribution is 0.0988. The number of unbranched alkanes of at least 4 members (excludes halogenated alkanes) is 1. The second kappa shape index (κ2) is 5.69. The Balaban J connectivity index is 2.83. The minimum Gasteiger partial charge on any atom is -0.294 e.